The van der Waals surface area contributed by atoms with E-state index in [1.807, 2.05) is 6.92 Å². The molecule has 2 aromatic rings. The van der Waals surface area contributed by atoms with E-state index in [4.69, 9.17) is 5.84 Å². The second-order valence-electron chi connectivity index (χ2n) is 4.82. The molecule has 0 aliphatic heterocycles. The monoisotopic (exact) mass is 275 g/mol. The summed E-state index contributed by atoms with van der Waals surface area (Å²) in [6, 6.07) is 0. The molecular weight excluding hydrogens is 254 g/mol. The minimum absolute atomic E-state index is 0.219. The molecule has 0 saturated heterocycles. The lowest BCUT2D eigenvalue weighted by Gasteiger charge is -2.15. The third-order valence-electron chi connectivity index (χ3n) is 3.13. The first-order valence-corrected chi connectivity index (χ1v) is 6.89. The smallest absolute Gasteiger partial charge is 0.164 e. The zero-order chi connectivity index (χ0) is 14.7. The van der Waals surface area contributed by atoms with Gasteiger partial charge in [0.05, 0.1) is 0 Å². The van der Waals surface area contributed by atoms with E-state index in [0.717, 1.165) is 35.9 Å². The van der Waals surface area contributed by atoms with Crippen molar-refractivity contribution in [3.05, 3.63) is 23.5 Å². The van der Waals surface area contributed by atoms with E-state index in [1.54, 1.807) is 4.68 Å². The first-order valence-electron chi connectivity index (χ1n) is 6.89. The van der Waals surface area contributed by atoms with E-state index in [0.29, 0.717) is 5.82 Å². The number of hydrazine groups is 1. The zero-order valence-corrected chi connectivity index (χ0v) is 12.4. The number of nitrogens with two attached hydrogens (primary N) is 1. The number of anilines is 1. The van der Waals surface area contributed by atoms with Crippen molar-refractivity contribution < 1.29 is 0 Å². The van der Waals surface area contributed by atoms with Crippen molar-refractivity contribution in [3.8, 4) is 5.82 Å². The van der Waals surface area contributed by atoms with Crippen LogP contribution in [0.25, 0.3) is 5.82 Å². The second kappa shape index (κ2) is 5.96. The van der Waals surface area contributed by atoms with Gasteiger partial charge in [0.1, 0.15) is 18.0 Å². The standard InChI is InChI=1S/C13H21N7/c1-5-9-17-10(6-2)20(19-9)13-11(8(3)4)12(18-14)15-7-16-13/h7-8H,5-6,14H2,1-4H3,(H,15,16,18). The molecule has 108 valence electrons. The summed E-state index contributed by atoms with van der Waals surface area (Å²) in [7, 11) is 0. The predicted octanol–water partition coefficient (Wildman–Crippen LogP) is 1.59. The Labute approximate surface area is 118 Å². The van der Waals surface area contributed by atoms with E-state index >= 15 is 0 Å². The Morgan fingerprint density at radius 2 is 2.00 bits per heavy atom. The summed E-state index contributed by atoms with van der Waals surface area (Å²) in [5.74, 6) is 8.85. The summed E-state index contributed by atoms with van der Waals surface area (Å²) in [6.45, 7) is 8.24. The largest absolute Gasteiger partial charge is 0.308 e. The number of hydrogen-bond donors (Lipinski definition) is 2. The number of aromatic nitrogens is 5. The van der Waals surface area contributed by atoms with Crippen LogP contribution in [0, 0.1) is 0 Å². The Balaban J connectivity index is 2.65. The Morgan fingerprint density at radius 3 is 2.55 bits per heavy atom. The molecule has 0 aliphatic carbocycles. The number of hydrogen-bond acceptors (Lipinski definition) is 6. The van der Waals surface area contributed by atoms with Crippen LogP contribution < -0.4 is 11.3 Å². The minimum atomic E-state index is 0.219. The van der Waals surface area contributed by atoms with Crippen LogP contribution in [0.4, 0.5) is 5.82 Å². The van der Waals surface area contributed by atoms with E-state index in [2.05, 4.69) is 46.2 Å². The molecule has 0 fully saturated rings. The summed E-state index contributed by atoms with van der Waals surface area (Å²) < 4.78 is 1.80. The topological polar surface area (TPSA) is 94.5 Å². The van der Waals surface area contributed by atoms with Gasteiger partial charge in [-0.15, -0.1) is 5.10 Å². The van der Waals surface area contributed by atoms with Crippen molar-refractivity contribution in [3.63, 3.8) is 0 Å². The maximum absolute atomic E-state index is 5.55. The highest BCUT2D eigenvalue weighted by molar-refractivity contribution is 5.52. The lowest BCUT2D eigenvalue weighted by atomic mass is 10.0. The quantitative estimate of drug-likeness (QED) is 0.635. The van der Waals surface area contributed by atoms with Gasteiger partial charge >= 0.3 is 0 Å². The van der Waals surface area contributed by atoms with Gasteiger partial charge in [0.2, 0.25) is 0 Å². The van der Waals surface area contributed by atoms with Gasteiger partial charge in [-0.1, -0.05) is 27.7 Å². The van der Waals surface area contributed by atoms with E-state index in [1.165, 1.54) is 6.33 Å². The van der Waals surface area contributed by atoms with Crippen LogP contribution in [0.1, 0.15) is 50.8 Å². The molecule has 0 amide bonds. The molecule has 0 aliphatic rings. The number of rotatable bonds is 5. The Kier molecular flexibility index (Phi) is 4.29. The van der Waals surface area contributed by atoms with Gasteiger partial charge in [-0.25, -0.2) is 20.8 Å². The lowest BCUT2D eigenvalue weighted by Crippen LogP contribution is -2.16. The molecule has 0 atom stereocenters. The third kappa shape index (κ3) is 2.49. The van der Waals surface area contributed by atoms with E-state index in [9.17, 15) is 0 Å². The summed E-state index contributed by atoms with van der Waals surface area (Å²) in [5.41, 5.74) is 3.57. The van der Waals surface area contributed by atoms with E-state index in [-0.39, 0.29) is 5.92 Å². The first kappa shape index (κ1) is 14.4. The number of aryl methyl sites for hydroxylation is 2. The van der Waals surface area contributed by atoms with Crippen LogP contribution in [0.5, 0.6) is 0 Å². The molecule has 7 heteroatoms. The van der Waals surface area contributed by atoms with Gasteiger partial charge < -0.3 is 5.43 Å². The molecule has 2 aromatic heterocycles. The van der Waals surface area contributed by atoms with Crippen LogP contribution in [-0.2, 0) is 12.8 Å². The van der Waals surface area contributed by atoms with Crippen LogP contribution in [0.2, 0.25) is 0 Å². The summed E-state index contributed by atoms with van der Waals surface area (Å²) in [5, 5.41) is 4.53. The van der Waals surface area contributed by atoms with Gasteiger partial charge in [-0.05, 0) is 5.92 Å². The molecule has 0 unspecified atom stereocenters. The molecule has 3 N–H and O–H groups in total. The van der Waals surface area contributed by atoms with Crippen LogP contribution in [-0.4, -0.2) is 24.7 Å². The molecule has 2 heterocycles. The highest BCUT2D eigenvalue weighted by atomic mass is 15.4. The van der Waals surface area contributed by atoms with Crippen molar-refractivity contribution >= 4 is 5.82 Å². The normalized spacial score (nSPS) is 11.1. The van der Waals surface area contributed by atoms with Crippen molar-refractivity contribution in [2.24, 2.45) is 5.84 Å². The maximum atomic E-state index is 5.55. The van der Waals surface area contributed by atoms with E-state index < -0.39 is 0 Å². The molecule has 0 radical (unpaired) electrons. The van der Waals surface area contributed by atoms with Gasteiger partial charge in [0.15, 0.2) is 11.6 Å². The molecule has 7 nitrogen and oxygen atoms in total. The molecule has 0 bridgehead atoms. The lowest BCUT2D eigenvalue weighted by molar-refractivity contribution is 0.732. The summed E-state index contributed by atoms with van der Waals surface area (Å²) in [6.07, 6.45) is 3.08. The van der Waals surface area contributed by atoms with Gasteiger partial charge in [0, 0.05) is 18.4 Å². The fourth-order valence-corrected chi connectivity index (χ4v) is 2.14. The molecule has 0 saturated carbocycles. The molecule has 0 spiro atoms. The van der Waals surface area contributed by atoms with Crippen LogP contribution >= 0.6 is 0 Å². The zero-order valence-electron chi connectivity index (χ0n) is 12.4. The maximum Gasteiger partial charge on any atom is 0.164 e. The number of nitrogens with zero attached hydrogens (tertiary/aromatic N) is 5. The third-order valence-corrected chi connectivity index (χ3v) is 3.13. The van der Waals surface area contributed by atoms with Gasteiger partial charge in [-0.3, -0.25) is 0 Å². The minimum Gasteiger partial charge on any atom is -0.308 e. The Bertz CT molecular complexity index is 588. The molecule has 0 aromatic carbocycles. The van der Waals surface area contributed by atoms with Gasteiger partial charge in [0.25, 0.3) is 0 Å². The highest BCUT2D eigenvalue weighted by Crippen LogP contribution is 2.27. The highest BCUT2D eigenvalue weighted by Gasteiger charge is 2.19. The Morgan fingerprint density at radius 1 is 1.25 bits per heavy atom. The summed E-state index contributed by atoms with van der Waals surface area (Å²) >= 11 is 0. The average molecular weight is 275 g/mol. The SMILES string of the molecule is CCc1nc(CC)n(-c2ncnc(NN)c2C(C)C)n1. The fraction of sp³-hybridized carbons (Fsp3) is 0.538. The summed E-state index contributed by atoms with van der Waals surface area (Å²) in [4.78, 5) is 13.1. The van der Waals surface area contributed by atoms with Crippen molar-refractivity contribution in [2.75, 3.05) is 5.43 Å². The molecular formula is C13H21N7. The fourth-order valence-electron chi connectivity index (χ4n) is 2.14. The van der Waals surface area contributed by atoms with Crippen LogP contribution in [0.15, 0.2) is 6.33 Å². The second-order valence-corrected chi connectivity index (χ2v) is 4.82. The van der Waals surface area contributed by atoms with Crippen LogP contribution in [0.3, 0.4) is 0 Å². The Hall–Kier alpha value is -2.02. The van der Waals surface area contributed by atoms with Crippen molar-refractivity contribution in [1.82, 2.24) is 24.7 Å². The number of nitrogens with one attached hydrogen (secondary N) is 1. The first-order chi connectivity index (χ1) is 9.62. The predicted molar refractivity (Wildman–Crippen MR) is 77.6 cm³/mol. The molecule has 20 heavy (non-hydrogen) atoms. The molecule has 2 rings (SSSR count). The van der Waals surface area contributed by atoms with Gasteiger partial charge in [-0.2, -0.15) is 4.68 Å². The van der Waals surface area contributed by atoms with Crippen molar-refractivity contribution in [1.29, 1.82) is 0 Å². The number of nitrogen functional groups attached to an aromatic ring is 1. The van der Waals surface area contributed by atoms with Crippen molar-refractivity contribution in [2.45, 2.75) is 46.5 Å². The average Bonchev–Trinajstić information content (AvgIpc) is 2.89.